The van der Waals surface area contributed by atoms with Gasteiger partial charge >= 0.3 is 6.18 Å². The normalized spacial score (nSPS) is 44.5. The summed E-state index contributed by atoms with van der Waals surface area (Å²) in [5, 5.41) is 9.93. The van der Waals surface area contributed by atoms with Crippen molar-refractivity contribution in [2.24, 2.45) is 40.4 Å². The van der Waals surface area contributed by atoms with Gasteiger partial charge in [-0.1, -0.05) is 32.4 Å². The quantitative estimate of drug-likeness (QED) is 0.304. The van der Waals surface area contributed by atoms with Crippen LogP contribution in [0.3, 0.4) is 0 Å². The molecule has 4 aliphatic rings. The first kappa shape index (κ1) is 27.4. The smallest absolute Gasteiger partial charge is 0.381 e. The topological polar surface area (TPSA) is 74.6 Å². The van der Waals surface area contributed by atoms with Gasteiger partial charge in [-0.2, -0.15) is 21.6 Å². The van der Waals surface area contributed by atoms with Crippen LogP contribution in [-0.2, 0) is 10.1 Å². The van der Waals surface area contributed by atoms with E-state index in [2.05, 4.69) is 26.8 Å². The minimum atomic E-state index is -4.61. The summed E-state index contributed by atoms with van der Waals surface area (Å²) < 4.78 is 72.4. The van der Waals surface area contributed by atoms with Crippen molar-refractivity contribution >= 4 is 10.1 Å². The molecule has 0 aromatic rings. The molecule has 4 nitrogen and oxygen atoms in total. The maximum atomic E-state index is 13.2. The Hall–Kier alpha value is -0.600. The average molecular weight is 521 g/mol. The van der Waals surface area contributed by atoms with Crippen LogP contribution in [0.15, 0.2) is 11.6 Å². The predicted molar refractivity (Wildman–Crippen MR) is 130 cm³/mol. The Kier molecular flexibility index (Phi) is 6.63. The van der Waals surface area contributed by atoms with Crippen LogP contribution < -0.4 is 0 Å². The van der Waals surface area contributed by atoms with Crippen molar-refractivity contribution < 1.29 is 31.2 Å². The van der Waals surface area contributed by atoms with E-state index in [1.54, 1.807) is 6.92 Å². The van der Waals surface area contributed by atoms with Crippen molar-refractivity contribution in [2.75, 3.05) is 0 Å². The van der Waals surface area contributed by atoms with Gasteiger partial charge in [0.05, 0.1) is 4.75 Å². The van der Waals surface area contributed by atoms with Gasteiger partial charge in [-0.25, -0.2) is 0 Å². The average Bonchev–Trinajstić information content (AvgIpc) is 3.08. The van der Waals surface area contributed by atoms with E-state index in [0.717, 1.165) is 45.4 Å². The van der Waals surface area contributed by atoms with Crippen LogP contribution in [0.5, 0.6) is 0 Å². The van der Waals surface area contributed by atoms with E-state index in [0.29, 0.717) is 42.9 Å². The van der Waals surface area contributed by atoms with Gasteiger partial charge in [0.25, 0.3) is 10.1 Å². The molecule has 0 radical (unpaired) electrons. The van der Waals surface area contributed by atoms with E-state index in [4.69, 9.17) is 0 Å². The fourth-order valence-corrected chi connectivity index (χ4v) is 9.54. The molecule has 4 rings (SSSR count). The molecule has 1 unspecified atom stereocenters. The van der Waals surface area contributed by atoms with Crippen LogP contribution >= 0.6 is 0 Å². The number of hydrogen-bond donors (Lipinski definition) is 2. The molecule has 2 N–H and O–H groups in total. The second kappa shape index (κ2) is 8.45. The van der Waals surface area contributed by atoms with E-state index < -0.39 is 26.6 Å². The molecular formula is C27H43F3O4S. The van der Waals surface area contributed by atoms with E-state index in [1.165, 1.54) is 5.57 Å². The second-order valence-corrected chi connectivity index (χ2v) is 15.3. The molecule has 202 valence electrons. The molecule has 0 spiro atoms. The molecule has 8 heteroatoms. The monoisotopic (exact) mass is 520 g/mol. The summed E-state index contributed by atoms with van der Waals surface area (Å²) >= 11 is 0. The molecule has 0 saturated heterocycles. The number of alkyl halides is 3. The lowest BCUT2D eigenvalue weighted by Crippen LogP contribution is -2.53. The summed E-state index contributed by atoms with van der Waals surface area (Å²) in [4.78, 5) is 0. The summed E-state index contributed by atoms with van der Waals surface area (Å²) in [5.41, 5.74) is -1.42. The molecule has 0 aromatic heterocycles. The minimum absolute atomic E-state index is 0.0520. The molecule has 0 heterocycles. The van der Waals surface area contributed by atoms with Crippen molar-refractivity contribution in [2.45, 2.75) is 115 Å². The molecule has 3 saturated carbocycles. The zero-order valence-electron chi connectivity index (χ0n) is 21.8. The van der Waals surface area contributed by atoms with E-state index in [1.807, 2.05) is 0 Å². The third-order valence-electron chi connectivity index (χ3n) is 11.4. The number of aliphatic hydroxyl groups is 1. The van der Waals surface area contributed by atoms with Crippen LogP contribution in [0.4, 0.5) is 13.2 Å². The summed E-state index contributed by atoms with van der Waals surface area (Å²) in [6.07, 6.45) is 4.48. The number of allylic oxidation sites excluding steroid dienone is 2. The lowest BCUT2D eigenvalue weighted by molar-refractivity contribution is -0.256. The molecule has 3 fully saturated rings. The lowest BCUT2D eigenvalue weighted by Gasteiger charge is -2.59. The van der Waals surface area contributed by atoms with Crippen molar-refractivity contribution in [3.8, 4) is 0 Å². The highest BCUT2D eigenvalue weighted by atomic mass is 32.2. The zero-order valence-corrected chi connectivity index (χ0v) is 22.6. The van der Waals surface area contributed by atoms with Crippen LogP contribution in [-0.4, -0.2) is 34.6 Å². The summed E-state index contributed by atoms with van der Waals surface area (Å²) in [7, 11) is -4.13. The first-order valence-electron chi connectivity index (χ1n) is 13.3. The summed E-state index contributed by atoms with van der Waals surface area (Å²) in [5.74, 6) is 1.97. The first-order valence-corrected chi connectivity index (χ1v) is 14.8. The van der Waals surface area contributed by atoms with Gasteiger partial charge in [0, 0.05) is 0 Å². The van der Waals surface area contributed by atoms with Crippen LogP contribution in [0.1, 0.15) is 98.8 Å². The summed E-state index contributed by atoms with van der Waals surface area (Å²) in [6, 6.07) is 0. The Bertz CT molecular complexity index is 973. The Morgan fingerprint density at radius 2 is 1.74 bits per heavy atom. The fraction of sp³-hybridized carbons (Fsp3) is 0.926. The fourth-order valence-electron chi connectivity index (χ4n) is 8.84. The third-order valence-corrected chi connectivity index (χ3v) is 13.0. The molecule has 0 aromatic carbocycles. The molecule has 35 heavy (non-hydrogen) atoms. The van der Waals surface area contributed by atoms with Crippen molar-refractivity contribution in [1.29, 1.82) is 0 Å². The van der Waals surface area contributed by atoms with Crippen molar-refractivity contribution in [3.63, 3.8) is 0 Å². The van der Waals surface area contributed by atoms with Gasteiger partial charge in [0.15, 0.2) is 5.60 Å². The van der Waals surface area contributed by atoms with Crippen LogP contribution in [0.2, 0.25) is 0 Å². The Morgan fingerprint density at radius 3 is 2.34 bits per heavy atom. The molecular weight excluding hydrogens is 477 g/mol. The highest BCUT2D eigenvalue weighted by Gasteiger charge is 2.61. The van der Waals surface area contributed by atoms with Crippen LogP contribution in [0.25, 0.3) is 0 Å². The minimum Gasteiger partial charge on any atom is -0.381 e. The lowest BCUT2D eigenvalue weighted by atomic mass is 9.46. The van der Waals surface area contributed by atoms with Crippen molar-refractivity contribution in [3.05, 3.63) is 11.6 Å². The van der Waals surface area contributed by atoms with E-state index in [9.17, 15) is 31.2 Å². The van der Waals surface area contributed by atoms with Gasteiger partial charge in [-0.05, 0) is 118 Å². The summed E-state index contributed by atoms with van der Waals surface area (Å²) in [6.45, 7) is 9.24. The Labute approximate surface area is 208 Å². The Balaban J connectivity index is 1.51. The molecule has 9 atom stereocenters. The standard InChI is InChI=1S/C27H43F3O4S/c1-17(10-13-26(5,31)27(28,29)30)20-8-9-21-19-7-6-18-16-23(2,35(32,33)34)14-15-24(18,3)22(19)11-12-25(20,21)4/h6,17,19-22,31H,7-16H2,1-5H3,(H,32,33,34)/t17-,19+,20-,21+,22+,23+,24+,25-,26?/m1/s1. The molecule has 0 amide bonds. The SMILES string of the molecule is C[C@H](CCC(C)(O)C(F)(F)F)[C@H]1CC[C@H]2[C@@H]3CC=C4C[C@@](C)(S(=O)(=O)O)CC[C@]4(C)[C@H]3CC[C@]12C. The van der Waals surface area contributed by atoms with E-state index in [-0.39, 0.29) is 23.2 Å². The molecule has 0 aliphatic heterocycles. The first-order chi connectivity index (χ1) is 15.9. The van der Waals surface area contributed by atoms with Gasteiger partial charge in [-0.3, -0.25) is 4.55 Å². The number of halogens is 3. The van der Waals surface area contributed by atoms with E-state index >= 15 is 0 Å². The van der Waals surface area contributed by atoms with Gasteiger partial charge < -0.3 is 5.11 Å². The highest BCUT2D eigenvalue weighted by molar-refractivity contribution is 7.87. The highest BCUT2D eigenvalue weighted by Crippen LogP contribution is 2.68. The number of hydrogen-bond acceptors (Lipinski definition) is 3. The molecule has 0 bridgehead atoms. The van der Waals surface area contributed by atoms with Crippen LogP contribution in [0, 0.1) is 40.4 Å². The van der Waals surface area contributed by atoms with Crippen molar-refractivity contribution in [1.82, 2.24) is 0 Å². The largest absolute Gasteiger partial charge is 0.416 e. The van der Waals surface area contributed by atoms with Gasteiger partial charge in [0.1, 0.15) is 0 Å². The van der Waals surface area contributed by atoms with Gasteiger partial charge in [0.2, 0.25) is 0 Å². The number of rotatable bonds is 5. The predicted octanol–water partition coefficient (Wildman–Crippen LogP) is 6.94. The second-order valence-electron chi connectivity index (χ2n) is 13.4. The molecule has 4 aliphatic carbocycles. The third kappa shape index (κ3) is 4.31. The van der Waals surface area contributed by atoms with Gasteiger partial charge in [-0.15, -0.1) is 0 Å². The number of fused-ring (bicyclic) bond motifs is 5. The maximum absolute atomic E-state index is 13.2. The maximum Gasteiger partial charge on any atom is 0.416 e. The Morgan fingerprint density at radius 1 is 1.09 bits per heavy atom. The zero-order chi connectivity index (χ0) is 26.2.